The molecule has 0 fully saturated rings. The SMILES string of the molecule is Cc1nc(N(C)C(=O)OC(C)(C)C)sc1C(=O)NCc1ccccc1. The second kappa shape index (κ2) is 7.65. The van der Waals surface area contributed by atoms with E-state index in [4.69, 9.17) is 4.74 Å². The topological polar surface area (TPSA) is 71.5 Å². The highest BCUT2D eigenvalue weighted by molar-refractivity contribution is 7.17. The number of aryl methyl sites for hydroxylation is 1. The van der Waals surface area contributed by atoms with E-state index in [2.05, 4.69) is 10.3 Å². The minimum absolute atomic E-state index is 0.206. The molecule has 6 nitrogen and oxygen atoms in total. The summed E-state index contributed by atoms with van der Waals surface area (Å²) < 4.78 is 5.32. The van der Waals surface area contributed by atoms with Crippen molar-refractivity contribution in [3.8, 4) is 0 Å². The summed E-state index contributed by atoms with van der Waals surface area (Å²) in [7, 11) is 1.58. The molecule has 2 aromatic rings. The molecule has 1 aromatic carbocycles. The van der Waals surface area contributed by atoms with Gasteiger partial charge in [0.15, 0.2) is 5.13 Å². The lowest BCUT2D eigenvalue weighted by atomic mass is 10.2. The van der Waals surface area contributed by atoms with Crippen LogP contribution in [0.25, 0.3) is 0 Å². The molecule has 1 aromatic heterocycles. The van der Waals surface area contributed by atoms with E-state index in [1.807, 2.05) is 30.3 Å². The van der Waals surface area contributed by atoms with Crippen LogP contribution in [0.4, 0.5) is 9.93 Å². The fourth-order valence-corrected chi connectivity index (χ4v) is 2.94. The molecule has 0 spiro atoms. The predicted octanol–water partition coefficient (Wildman–Crippen LogP) is 3.75. The summed E-state index contributed by atoms with van der Waals surface area (Å²) in [4.78, 5) is 30.7. The summed E-state index contributed by atoms with van der Waals surface area (Å²) in [5, 5.41) is 3.30. The maximum atomic E-state index is 12.4. The lowest BCUT2D eigenvalue weighted by Gasteiger charge is -2.23. The maximum absolute atomic E-state index is 12.4. The van der Waals surface area contributed by atoms with Crippen LogP contribution in [0, 0.1) is 6.92 Å². The molecule has 25 heavy (non-hydrogen) atoms. The molecule has 2 rings (SSSR count). The number of rotatable bonds is 4. The number of anilines is 1. The van der Waals surface area contributed by atoms with Gasteiger partial charge in [0.05, 0.1) is 5.69 Å². The number of nitrogens with one attached hydrogen (secondary N) is 1. The van der Waals surface area contributed by atoms with E-state index in [1.54, 1.807) is 34.7 Å². The third-order valence-electron chi connectivity index (χ3n) is 3.24. The Morgan fingerprint density at radius 3 is 2.48 bits per heavy atom. The van der Waals surface area contributed by atoms with Crippen molar-refractivity contribution in [2.24, 2.45) is 0 Å². The van der Waals surface area contributed by atoms with E-state index in [1.165, 1.54) is 16.2 Å². The van der Waals surface area contributed by atoms with Gasteiger partial charge in [-0.2, -0.15) is 0 Å². The Balaban J connectivity index is 2.05. The van der Waals surface area contributed by atoms with Gasteiger partial charge in [-0.15, -0.1) is 0 Å². The molecular formula is C18H23N3O3S. The molecule has 0 saturated carbocycles. The molecule has 0 aliphatic rings. The molecule has 0 saturated heterocycles. The van der Waals surface area contributed by atoms with Gasteiger partial charge < -0.3 is 10.1 Å². The summed E-state index contributed by atoms with van der Waals surface area (Å²) in [6.07, 6.45) is -0.502. The van der Waals surface area contributed by atoms with Gasteiger partial charge in [-0.3, -0.25) is 9.69 Å². The van der Waals surface area contributed by atoms with E-state index in [0.29, 0.717) is 22.2 Å². The Bertz CT molecular complexity index is 751. The number of ether oxygens (including phenoxy) is 1. The van der Waals surface area contributed by atoms with Crippen LogP contribution >= 0.6 is 11.3 Å². The fraction of sp³-hybridized carbons (Fsp3) is 0.389. The minimum Gasteiger partial charge on any atom is -0.443 e. The highest BCUT2D eigenvalue weighted by atomic mass is 32.1. The third-order valence-corrected chi connectivity index (χ3v) is 4.47. The molecule has 0 bridgehead atoms. The Kier molecular flexibility index (Phi) is 5.79. The van der Waals surface area contributed by atoms with Gasteiger partial charge in [0.2, 0.25) is 0 Å². The van der Waals surface area contributed by atoms with Crippen molar-refractivity contribution in [3.05, 3.63) is 46.5 Å². The summed E-state index contributed by atoms with van der Waals surface area (Å²) in [6, 6.07) is 9.67. The molecule has 0 atom stereocenters. The first-order chi connectivity index (χ1) is 11.7. The predicted molar refractivity (Wildman–Crippen MR) is 99.1 cm³/mol. The van der Waals surface area contributed by atoms with E-state index in [9.17, 15) is 9.59 Å². The van der Waals surface area contributed by atoms with Gasteiger partial charge >= 0.3 is 6.09 Å². The Morgan fingerprint density at radius 2 is 1.88 bits per heavy atom. The number of carbonyl (C=O) groups is 2. The zero-order valence-corrected chi connectivity index (χ0v) is 15.9. The maximum Gasteiger partial charge on any atom is 0.416 e. The standard InChI is InChI=1S/C18H23N3O3S/c1-12-14(15(22)19-11-13-9-7-6-8-10-13)25-16(20-12)21(5)17(23)24-18(2,3)4/h6-10H,11H2,1-5H3,(H,19,22). The normalized spacial score (nSPS) is 11.1. The van der Waals surface area contributed by atoms with Gasteiger partial charge in [-0.05, 0) is 33.3 Å². The minimum atomic E-state index is -0.590. The van der Waals surface area contributed by atoms with Crippen molar-refractivity contribution < 1.29 is 14.3 Å². The monoisotopic (exact) mass is 361 g/mol. The van der Waals surface area contributed by atoms with Gasteiger partial charge in [-0.1, -0.05) is 41.7 Å². The quantitative estimate of drug-likeness (QED) is 0.900. The van der Waals surface area contributed by atoms with E-state index in [0.717, 1.165) is 5.56 Å². The van der Waals surface area contributed by atoms with E-state index in [-0.39, 0.29) is 5.91 Å². The third kappa shape index (κ3) is 5.29. The van der Waals surface area contributed by atoms with Crippen molar-refractivity contribution in [1.82, 2.24) is 10.3 Å². The second-order valence-corrected chi connectivity index (χ2v) is 7.60. The molecule has 0 unspecified atom stereocenters. The first-order valence-electron chi connectivity index (χ1n) is 7.93. The molecule has 0 radical (unpaired) electrons. The largest absolute Gasteiger partial charge is 0.443 e. The molecule has 0 aliphatic heterocycles. The van der Waals surface area contributed by atoms with Crippen molar-refractivity contribution >= 4 is 28.5 Å². The average Bonchev–Trinajstić information content (AvgIpc) is 2.93. The number of nitrogens with zero attached hydrogens (tertiary/aromatic N) is 2. The second-order valence-electron chi connectivity index (χ2n) is 6.62. The molecule has 0 aliphatic carbocycles. The zero-order chi connectivity index (χ0) is 18.6. The van der Waals surface area contributed by atoms with Crippen LogP contribution in [0.2, 0.25) is 0 Å². The van der Waals surface area contributed by atoms with Crippen LogP contribution in [0.5, 0.6) is 0 Å². The fourth-order valence-electron chi connectivity index (χ4n) is 2.00. The number of aromatic nitrogens is 1. The highest BCUT2D eigenvalue weighted by Gasteiger charge is 2.24. The first kappa shape index (κ1) is 18.9. The molecule has 1 heterocycles. The van der Waals surface area contributed by atoms with Gasteiger partial charge in [0.1, 0.15) is 10.5 Å². The van der Waals surface area contributed by atoms with Crippen LogP contribution in [0.15, 0.2) is 30.3 Å². The van der Waals surface area contributed by atoms with E-state index >= 15 is 0 Å². The summed E-state index contributed by atoms with van der Waals surface area (Å²) in [5.41, 5.74) is 1.01. The highest BCUT2D eigenvalue weighted by Crippen LogP contribution is 2.26. The van der Waals surface area contributed by atoms with Crippen LogP contribution in [-0.4, -0.2) is 29.6 Å². The number of hydrogen-bond donors (Lipinski definition) is 1. The smallest absolute Gasteiger partial charge is 0.416 e. The lowest BCUT2D eigenvalue weighted by Crippen LogP contribution is -2.34. The first-order valence-corrected chi connectivity index (χ1v) is 8.75. The van der Waals surface area contributed by atoms with Gasteiger partial charge in [0, 0.05) is 13.6 Å². The zero-order valence-electron chi connectivity index (χ0n) is 15.1. The average molecular weight is 361 g/mol. The van der Waals surface area contributed by atoms with Crippen molar-refractivity contribution in [2.45, 2.75) is 39.8 Å². The summed E-state index contributed by atoms with van der Waals surface area (Å²) in [5.74, 6) is -0.206. The Morgan fingerprint density at radius 1 is 1.24 bits per heavy atom. The van der Waals surface area contributed by atoms with Crippen molar-refractivity contribution in [2.75, 3.05) is 11.9 Å². The number of hydrogen-bond acceptors (Lipinski definition) is 5. The van der Waals surface area contributed by atoms with E-state index < -0.39 is 11.7 Å². The van der Waals surface area contributed by atoms with Crippen molar-refractivity contribution in [1.29, 1.82) is 0 Å². The molecule has 134 valence electrons. The molecule has 2 amide bonds. The number of amides is 2. The Labute approximate surface area is 151 Å². The number of carbonyl (C=O) groups excluding carboxylic acids is 2. The summed E-state index contributed by atoms with van der Waals surface area (Å²) >= 11 is 1.17. The van der Waals surface area contributed by atoms with Gasteiger partial charge in [0.25, 0.3) is 5.91 Å². The van der Waals surface area contributed by atoms with Crippen LogP contribution in [0.3, 0.4) is 0 Å². The Hall–Kier alpha value is -2.41. The van der Waals surface area contributed by atoms with Crippen molar-refractivity contribution in [3.63, 3.8) is 0 Å². The molecular weight excluding hydrogens is 338 g/mol. The number of thiazole rings is 1. The lowest BCUT2D eigenvalue weighted by molar-refractivity contribution is 0.0589. The number of benzene rings is 1. The summed E-state index contributed by atoms with van der Waals surface area (Å²) in [6.45, 7) is 7.59. The van der Waals surface area contributed by atoms with Crippen LogP contribution < -0.4 is 10.2 Å². The van der Waals surface area contributed by atoms with Gasteiger partial charge in [-0.25, -0.2) is 9.78 Å². The molecule has 1 N–H and O–H groups in total. The van der Waals surface area contributed by atoms with Crippen LogP contribution in [-0.2, 0) is 11.3 Å². The molecule has 7 heteroatoms. The van der Waals surface area contributed by atoms with Crippen LogP contribution in [0.1, 0.15) is 41.7 Å².